The first-order chi connectivity index (χ1) is 6.09. The molecule has 0 heterocycles. The summed E-state index contributed by atoms with van der Waals surface area (Å²) in [6.45, 7) is 3.48. The maximum absolute atomic E-state index is 10.2. The number of carbonyl (C=O) groups is 1. The second-order valence-corrected chi connectivity index (χ2v) is 3.88. The normalized spacial score (nSPS) is 28.5. The van der Waals surface area contributed by atoms with Crippen molar-refractivity contribution in [3.05, 3.63) is 0 Å². The molecule has 13 heavy (non-hydrogen) atoms. The van der Waals surface area contributed by atoms with E-state index in [0.717, 1.165) is 18.4 Å². The fourth-order valence-electron chi connectivity index (χ4n) is 1.39. The lowest BCUT2D eigenvalue weighted by Crippen LogP contribution is -2.30. The number of nitrogens with one attached hydrogen (secondary N) is 1. The zero-order valence-electron chi connectivity index (χ0n) is 7.86. The van der Waals surface area contributed by atoms with Gasteiger partial charge in [-0.3, -0.25) is 4.79 Å². The van der Waals surface area contributed by atoms with Crippen LogP contribution in [-0.2, 0) is 4.79 Å². The predicted octanol–water partition coefficient (Wildman–Crippen LogP) is 0.0676. The molecule has 0 aliphatic heterocycles. The van der Waals surface area contributed by atoms with E-state index in [9.17, 15) is 9.90 Å². The highest BCUT2D eigenvalue weighted by atomic mass is 16.4. The summed E-state index contributed by atoms with van der Waals surface area (Å²) in [4.78, 5) is 10.2. The molecule has 0 spiro atoms. The molecule has 3 N–H and O–H groups in total. The zero-order chi connectivity index (χ0) is 9.84. The van der Waals surface area contributed by atoms with E-state index < -0.39 is 12.1 Å². The molecule has 1 rings (SSSR count). The number of hydrogen-bond donors (Lipinski definition) is 3. The highest BCUT2D eigenvalue weighted by Gasteiger charge is 2.31. The summed E-state index contributed by atoms with van der Waals surface area (Å²) < 4.78 is 0. The SMILES string of the molecule is CC1CC1CNCC(O)CC(=O)O. The van der Waals surface area contributed by atoms with Crippen LogP contribution >= 0.6 is 0 Å². The van der Waals surface area contributed by atoms with Gasteiger partial charge in [-0.25, -0.2) is 0 Å². The van der Waals surface area contributed by atoms with Crippen LogP contribution in [0.3, 0.4) is 0 Å². The first kappa shape index (κ1) is 10.5. The summed E-state index contributed by atoms with van der Waals surface area (Å²) in [7, 11) is 0. The average molecular weight is 187 g/mol. The highest BCUT2D eigenvalue weighted by Crippen LogP contribution is 2.36. The topological polar surface area (TPSA) is 69.6 Å². The summed E-state index contributed by atoms with van der Waals surface area (Å²) in [6, 6.07) is 0. The second-order valence-electron chi connectivity index (χ2n) is 3.88. The number of carboxylic acids is 1. The van der Waals surface area contributed by atoms with Gasteiger partial charge in [-0.2, -0.15) is 0 Å². The predicted molar refractivity (Wildman–Crippen MR) is 48.4 cm³/mol. The molecule has 4 heteroatoms. The number of carboxylic acid groups (broad SMARTS) is 1. The lowest BCUT2D eigenvalue weighted by atomic mass is 10.2. The molecule has 3 unspecified atom stereocenters. The van der Waals surface area contributed by atoms with Crippen LogP contribution < -0.4 is 5.32 Å². The van der Waals surface area contributed by atoms with Crippen molar-refractivity contribution in [3.8, 4) is 0 Å². The monoisotopic (exact) mass is 187 g/mol. The van der Waals surface area contributed by atoms with Gasteiger partial charge >= 0.3 is 5.97 Å². The number of rotatable bonds is 6. The smallest absolute Gasteiger partial charge is 0.306 e. The molecule has 1 fully saturated rings. The van der Waals surface area contributed by atoms with Gasteiger partial charge in [0.2, 0.25) is 0 Å². The Morgan fingerprint density at radius 3 is 2.77 bits per heavy atom. The third kappa shape index (κ3) is 4.24. The van der Waals surface area contributed by atoms with E-state index in [-0.39, 0.29) is 6.42 Å². The first-order valence-corrected chi connectivity index (χ1v) is 4.70. The molecule has 4 nitrogen and oxygen atoms in total. The van der Waals surface area contributed by atoms with Crippen molar-refractivity contribution < 1.29 is 15.0 Å². The quantitative estimate of drug-likeness (QED) is 0.550. The van der Waals surface area contributed by atoms with Gasteiger partial charge in [0.1, 0.15) is 0 Å². The summed E-state index contributed by atoms with van der Waals surface area (Å²) in [6.07, 6.45) is 0.321. The molecule has 0 amide bonds. The Labute approximate surface area is 78.0 Å². The summed E-state index contributed by atoms with van der Waals surface area (Å²) in [5.74, 6) is 0.579. The molecular weight excluding hydrogens is 170 g/mol. The van der Waals surface area contributed by atoms with Crippen molar-refractivity contribution in [2.45, 2.75) is 25.9 Å². The second kappa shape index (κ2) is 4.58. The number of aliphatic hydroxyl groups is 1. The van der Waals surface area contributed by atoms with Crippen molar-refractivity contribution in [1.82, 2.24) is 5.32 Å². The first-order valence-electron chi connectivity index (χ1n) is 4.70. The minimum absolute atomic E-state index is 0.173. The number of aliphatic carboxylic acids is 1. The minimum atomic E-state index is -0.950. The fourth-order valence-corrected chi connectivity index (χ4v) is 1.39. The molecule has 76 valence electrons. The Kier molecular flexibility index (Phi) is 3.69. The minimum Gasteiger partial charge on any atom is -0.481 e. The summed E-state index contributed by atoms with van der Waals surface area (Å²) >= 11 is 0. The van der Waals surface area contributed by atoms with E-state index in [0.29, 0.717) is 6.54 Å². The number of aliphatic hydroxyl groups excluding tert-OH is 1. The Morgan fingerprint density at radius 1 is 1.69 bits per heavy atom. The van der Waals surface area contributed by atoms with E-state index in [2.05, 4.69) is 12.2 Å². The Morgan fingerprint density at radius 2 is 2.31 bits per heavy atom. The van der Waals surface area contributed by atoms with Crippen molar-refractivity contribution in [3.63, 3.8) is 0 Å². The van der Waals surface area contributed by atoms with E-state index in [4.69, 9.17) is 5.11 Å². The Bertz CT molecular complexity index is 184. The largest absolute Gasteiger partial charge is 0.481 e. The van der Waals surface area contributed by atoms with Crippen LogP contribution in [0, 0.1) is 11.8 Å². The lowest BCUT2D eigenvalue weighted by molar-refractivity contribution is -0.139. The van der Waals surface area contributed by atoms with Gasteiger partial charge in [-0.1, -0.05) is 6.92 Å². The molecule has 1 saturated carbocycles. The maximum Gasteiger partial charge on any atom is 0.306 e. The average Bonchev–Trinajstić information content (AvgIpc) is 2.64. The molecule has 0 radical (unpaired) electrons. The van der Waals surface area contributed by atoms with Crippen LogP contribution in [0.5, 0.6) is 0 Å². The summed E-state index contributed by atoms with van der Waals surface area (Å²) in [5.41, 5.74) is 0. The standard InChI is InChI=1S/C9H17NO3/c1-6-2-7(6)4-10-5-8(11)3-9(12)13/h6-8,10-11H,2-5H2,1H3,(H,12,13). The third-order valence-corrected chi connectivity index (χ3v) is 2.47. The van der Waals surface area contributed by atoms with Crippen LogP contribution in [0.2, 0.25) is 0 Å². The van der Waals surface area contributed by atoms with Crippen molar-refractivity contribution in [1.29, 1.82) is 0 Å². The van der Waals surface area contributed by atoms with Crippen molar-refractivity contribution in [2.75, 3.05) is 13.1 Å². The fraction of sp³-hybridized carbons (Fsp3) is 0.889. The zero-order valence-corrected chi connectivity index (χ0v) is 7.86. The van der Waals surface area contributed by atoms with Gasteiger partial charge in [-0.05, 0) is 24.8 Å². The van der Waals surface area contributed by atoms with Gasteiger partial charge in [0.15, 0.2) is 0 Å². The molecule has 3 atom stereocenters. The van der Waals surface area contributed by atoms with Crippen LogP contribution in [0.1, 0.15) is 19.8 Å². The van der Waals surface area contributed by atoms with Gasteiger partial charge in [0.25, 0.3) is 0 Å². The van der Waals surface area contributed by atoms with E-state index in [1.54, 1.807) is 0 Å². The molecule has 0 aromatic carbocycles. The van der Waals surface area contributed by atoms with E-state index in [1.807, 2.05) is 0 Å². The molecule has 0 aromatic heterocycles. The molecule has 1 aliphatic rings. The maximum atomic E-state index is 10.2. The molecule has 1 aliphatic carbocycles. The van der Waals surface area contributed by atoms with Gasteiger partial charge in [0, 0.05) is 6.54 Å². The number of hydrogen-bond acceptors (Lipinski definition) is 3. The van der Waals surface area contributed by atoms with Crippen LogP contribution in [0.15, 0.2) is 0 Å². The Hall–Kier alpha value is -0.610. The molecule has 0 bridgehead atoms. The van der Waals surface area contributed by atoms with Gasteiger partial charge in [0.05, 0.1) is 12.5 Å². The van der Waals surface area contributed by atoms with Crippen LogP contribution in [-0.4, -0.2) is 35.4 Å². The van der Waals surface area contributed by atoms with Crippen molar-refractivity contribution in [2.24, 2.45) is 11.8 Å². The Balaban J connectivity index is 1.95. The molecule has 0 aromatic rings. The van der Waals surface area contributed by atoms with Gasteiger partial charge in [-0.15, -0.1) is 0 Å². The van der Waals surface area contributed by atoms with Crippen LogP contribution in [0.25, 0.3) is 0 Å². The third-order valence-electron chi connectivity index (χ3n) is 2.47. The molecular formula is C9H17NO3. The highest BCUT2D eigenvalue weighted by molar-refractivity contribution is 5.67. The van der Waals surface area contributed by atoms with Crippen LogP contribution in [0.4, 0.5) is 0 Å². The van der Waals surface area contributed by atoms with E-state index >= 15 is 0 Å². The summed E-state index contributed by atoms with van der Waals surface area (Å²) in [5, 5.41) is 20.6. The van der Waals surface area contributed by atoms with Gasteiger partial charge < -0.3 is 15.5 Å². The lowest BCUT2D eigenvalue weighted by Gasteiger charge is -2.08. The van der Waals surface area contributed by atoms with Crippen molar-refractivity contribution >= 4 is 5.97 Å². The molecule has 0 saturated heterocycles. The van der Waals surface area contributed by atoms with E-state index in [1.165, 1.54) is 6.42 Å².